The molecule has 0 saturated heterocycles. The molecule has 2 heteroatoms. The highest BCUT2D eigenvalue weighted by atomic mass is 16.1. The summed E-state index contributed by atoms with van der Waals surface area (Å²) in [6, 6.07) is 24.6. The van der Waals surface area contributed by atoms with Gasteiger partial charge in [-0.25, -0.2) is 0 Å². The molecule has 0 aromatic heterocycles. The van der Waals surface area contributed by atoms with E-state index in [0.717, 1.165) is 28.8 Å². The third-order valence-electron chi connectivity index (χ3n) is 4.95. The molecule has 3 rings (SSSR count). The fourth-order valence-corrected chi connectivity index (χ4v) is 3.13. The second kappa shape index (κ2) is 8.68. The van der Waals surface area contributed by atoms with Gasteiger partial charge in [0.05, 0.1) is 6.04 Å². The third-order valence-corrected chi connectivity index (χ3v) is 4.95. The number of Topliss-reactive ketones (excluding diaryl/α,β-unsaturated/α-hetero) is 1. The Morgan fingerprint density at radius 3 is 1.93 bits per heavy atom. The van der Waals surface area contributed by atoms with E-state index < -0.39 is 0 Å². The number of ketones is 1. The second-order valence-corrected chi connectivity index (χ2v) is 7.15. The molecular weight excluding hydrogens is 330 g/mol. The molecule has 1 unspecified atom stereocenters. The van der Waals surface area contributed by atoms with E-state index in [1.807, 2.05) is 31.2 Å². The van der Waals surface area contributed by atoms with Gasteiger partial charge in [0.1, 0.15) is 0 Å². The Hall–Kier alpha value is -2.87. The summed E-state index contributed by atoms with van der Waals surface area (Å²) in [5, 5.41) is 3.56. The fraction of sp³-hybridized carbons (Fsp3) is 0.240. The van der Waals surface area contributed by atoms with E-state index in [4.69, 9.17) is 0 Å². The number of nitrogens with one attached hydrogen (secondary N) is 1. The molecule has 1 N–H and O–H groups in total. The summed E-state index contributed by atoms with van der Waals surface area (Å²) in [5.74, 6) is 0.151. The Labute approximate surface area is 162 Å². The molecule has 0 bridgehead atoms. The molecule has 0 spiro atoms. The van der Waals surface area contributed by atoms with Crippen molar-refractivity contribution in [3.63, 3.8) is 0 Å². The van der Waals surface area contributed by atoms with E-state index in [-0.39, 0.29) is 11.8 Å². The summed E-state index contributed by atoms with van der Waals surface area (Å²) < 4.78 is 0. The van der Waals surface area contributed by atoms with Crippen LogP contribution in [0.15, 0.2) is 72.8 Å². The summed E-state index contributed by atoms with van der Waals surface area (Å²) in [5.41, 5.74) is 6.62. The predicted octanol–water partition coefficient (Wildman–Crippen LogP) is 6.29. The predicted molar refractivity (Wildman–Crippen MR) is 113 cm³/mol. The number of aryl methyl sites for hydroxylation is 3. The minimum atomic E-state index is -0.0631. The van der Waals surface area contributed by atoms with Crippen molar-refractivity contribution in [3.8, 4) is 0 Å². The minimum absolute atomic E-state index is 0.0631. The van der Waals surface area contributed by atoms with Crippen molar-refractivity contribution < 1.29 is 4.79 Å². The Kier molecular flexibility index (Phi) is 6.08. The Bertz CT molecular complexity index is 877. The van der Waals surface area contributed by atoms with Crippen LogP contribution in [-0.4, -0.2) is 5.78 Å². The zero-order chi connectivity index (χ0) is 19.2. The molecule has 0 heterocycles. The van der Waals surface area contributed by atoms with Crippen LogP contribution < -0.4 is 5.32 Å². The minimum Gasteiger partial charge on any atom is -0.378 e. The molecule has 0 amide bonds. The smallest absolute Gasteiger partial charge is 0.165 e. The average molecular weight is 357 g/mol. The fourth-order valence-electron chi connectivity index (χ4n) is 3.13. The highest BCUT2D eigenvalue weighted by Crippen LogP contribution is 2.25. The Morgan fingerprint density at radius 2 is 1.37 bits per heavy atom. The third kappa shape index (κ3) is 5.07. The van der Waals surface area contributed by atoms with Gasteiger partial charge in [-0.05, 0) is 43.5 Å². The molecule has 2 nitrogen and oxygen atoms in total. The first-order valence-corrected chi connectivity index (χ1v) is 9.57. The van der Waals surface area contributed by atoms with Crippen LogP contribution in [0.5, 0.6) is 0 Å². The van der Waals surface area contributed by atoms with E-state index in [1.54, 1.807) is 0 Å². The van der Waals surface area contributed by atoms with Gasteiger partial charge >= 0.3 is 0 Å². The second-order valence-electron chi connectivity index (χ2n) is 7.15. The van der Waals surface area contributed by atoms with E-state index >= 15 is 0 Å². The van der Waals surface area contributed by atoms with Crippen molar-refractivity contribution in [1.29, 1.82) is 0 Å². The van der Waals surface area contributed by atoms with Gasteiger partial charge in [-0.15, -0.1) is 0 Å². The summed E-state index contributed by atoms with van der Waals surface area (Å²) in [6.07, 6.45) is 1.44. The van der Waals surface area contributed by atoms with Gasteiger partial charge in [0.15, 0.2) is 5.78 Å². The zero-order valence-corrected chi connectivity index (χ0v) is 16.3. The number of hydrogen-bond donors (Lipinski definition) is 1. The van der Waals surface area contributed by atoms with Crippen molar-refractivity contribution >= 4 is 11.5 Å². The lowest BCUT2D eigenvalue weighted by Crippen LogP contribution is -2.16. The van der Waals surface area contributed by atoms with Crippen LogP contribution in [0.25, 0.3) is 0 Å². The van der Waals surface area contributed by atoms with Crippen LogP contribution in [0.4, 0.5) is 5.69 Å². The van der Waals surface area contributed by atoms with Crippen molar-refractivity contribution in [2.75, 3.05) is 5.32 Å². The lowest BCUT2D eigenvalue weighted by molar-refractivity contribution is 0.0976. The topological polar surface area (TPSA) is 29.1 Å². The molecule has 0 aliphatic carbocycles. The van der Waals surface area contributed by atoms with Gasteiger partial charge in [-0.2, -0.15) is 0 Å². The summed E-state index contributed by atoms with van der Waals surface area (Å²) in [6.45, 7) is 6.26. The number of hydrogen-bond acceptors (Lipinski definition) is 2. The summed E-state index contributed by atoms with van der Waals surface area (Å²) in [7, 11) is 0. The molecule has 0 radical (unpaired) electrons. The van der Waals surface area contributed by atoms with Crippen molar-refractivity contribution in [2.24, 2.45) is 0 Å². The maximum absolute atomic E-state index is 12.9. The highest BCUT2D eigenvalue weighted by molar-refractivity contribution is 5.96. The van der Waals surface area contributed by atoms with Crippen molar-refractivity contribution in [2.45, 2.75) is 39.7 Å². The molecule has 0 saturated carbocycles. The number of benzene rings is 3. The van der Waals surface area contributed by atoms with Crippen LogP contribution in [0.3, 0.4) is 0 Å². The Morgan fingerprint density at radius 1 is 0.815 bits per heavy atom. The Balaban J connectivity index is 1.83. The monoisotopic (exact) mass is 357 g/mol. The summed E-state index contributed by atoms with van der Waals surface area (Å²) in [4.78, 5) is 12.9. The van der Waals surface area contributed by atoms with Crippen molar-refractivity contribution in [3.05, 3.63) is 101 Å². The van der Waals surface area contributed by atoms with Gasteiger partial charge in [0.25, 0.3) is 0 Å². The maximum atomic E-state index is 12.9. The number of carbonyl (C=O) groups is 1. The van der Waals surface area contributed by atoms with Gasteiger partial charge in [0, 0.05) is 17.7 Å². The van der Waals surface area contributed by atoms with E-state index in [1.165, 1.54) is 11.1 Å². The highest BCUT2D eigenvalue weighted by Gasteiger charge is 2.17. The summed E-state index contributed by atoms with van der Waals surface area (Å²) >= 11 is 0. The molecule has 27 heavy (non-hydrogen) atoms. The average Bonchev–Trinajstić information content (AvgIpc) is 2.69. The van der Waals surface area contributed by atoms with E-state index in [9.17, 15) is 4.79 Å². The first-order chi connectivity index (χ1) is 13.0. The lowest BCUT2D eigenvalue weighted by atomic mass is 9.96. The SMILES string of the molecule is CCc1ccc(NC(CC(=O)c2ccc(C)cc2)c2ccc(C)cc2)cc1. The van der Waals surface area contributed by atoms with E-state index in [0.29, 0.717) is 6.42 Å². The normalized spacial score (nSPS) is 11.8. The molecule has 3 aromatic rings. The molecule has 3 aromatic carbocycles. The van der Waals surface area contributed by atoms with Crippen LogP contribution in [0.2, 0.25) is 0 Å². The van der Waals surface area contributed by atoms with Crippen LogP contribution in [0.1, 0.15) is 52.0 Å². The standard InChI is InChI=1S/C25H27NO/c1-4-20-9-15-23(16-10-20)26-24(21-11-5-18(2)6-12-21)17-25(27)22-13-7-19(3)8-14-22/h5-16,24,26H,4,17H2,1-3H3. The van der Waals surface area contributed by atoms with Gasteiger partial charge in [0.2, 0.25) is 0 Å². The number of anilines is 1. The largest absolute Gasteiger partial charge is 0.378 e. The van der Waals surface area contributed by atoms with E-state index in [2.05, 4.69) is 67.7 Å². The first kappa shape index (κ1) is 18.9. The van der Waals surface area contributed by atoms with Crippen LogP contribution in [-0.2, 0) is 6.42 Å². The molecule has 1 atom stereocenters. The van der Waals surface area contributed by atoms with Crippen LogP contribution >= 0.6 is 0 Å². The van der Waals surface area contributed by atoms with Crippen LogP contribution in [0, 0.1) is 13.8 Å². The van der Waals surface area contributed by atoms with Gasteiger partial charge in [-0.3, -0.25) is 4.79 Å². The molecule has 0 aliphatic heterocycles. The molecular formula is C25H27NO. The molecule has 0 fully saturated rings. The van der Waals surface area contributed by atoms with Gasteiger partial charge < -0.3 is 5.32 Å². The molecule has 0 aliphatic rings. The maximum Gasteiger partial charge on any atom is 0.165 e. The first-order valence-electron chi connectivity index (χ1n) is 9.57. The van der Waals surface area contributed by atoms with Gasteiger partial charge in [-0.1, -0.05) is 78.7 Å². The quantitative estimate of drug-likeness (QED) is 0.503. The zero-order valence-electron chi connectivity index (χ0n) is 16.3. The molecule has 138 valence electrons. The number of carbonyl (C=O) groups excluding carboxylic acids is 1. The number of rotatable bonds is 7. The lowest BCUT2D eigenvalue weighted by Gasteiger charge is -2.20. The van der Waals surface area contributed by atoms with Crippen molar-refractivity contribution in [1.82, 2.24) is 0 Å².